The molecular weight excluding hydrogens is 332 g/mol. The average molecular weight is 345 g/mol. The molecule has 0 amide bonds. The maximum atomic E-state index is 13.0. The zero-order valence-electron chi connectivity index (χ0n) is 11.3. The second-order valence-corrected chi connectivity index (χ2v) is 8.15. The molecule has 0 saturated heterocycles. The molecule has 1 atom stereocenters. The number of halogens is 2. The summed E-state index contributed by atoms with van der Waals surface area (Å²) >= 11 is 0. The quantitative estimate of drug-likeness (QED) is 0.901. The fraction of sp³-hybridized carbons (Fsp3) is 0.143. The molecule has 0 spiro atoms. The van der Waals surface area contributed by atoms with Crippen molar-refractivity contribution >= 4 is 20.8 Å². The number of benzene rings is 2. The molecule has 2 N–H and O–H groups in total. The van der Waals surface area contributed by atoms with E-state index in [9.17, 15) is 21.4 Å². The lowest BCUT2D eigenvalue weighted by atomic mass is 10.0. The fourth-order valence-corrected chi connectivity index (χ4v) is 4.76. The van der Waals surface area contributed by atoms with Gasteiger partial charge >= 0.3 is 0 Å². The van der Waals surface area contributed by atoms with Gasteiger partial charge in [0.05, 0.1) is 5.25 Å². The van der Waals surface area contributed by atoms with Crippen molar-refractivity contribution in [1.82, 2.24) is 0 Å². The van der Waals surface area contributed by atoms with E-state index in [1.54, 1.807) is 0 Å². The maximum Gasteiger partial charge on any atom is 0.221 e. The Balaban J connectivity index is 2.46. The Hall–Kier alpha value is -1.64. The van der Waals surface area contributed by atoms with Crippen LogP contribution >= 0.6 is 0 Å². The van der Waals surface area contributed by atoms with Gasteiger partial charge in [-0.2, -0.15) is 0 Å². The third-order valence-corrected chi connectivity index (χ3v) is 6.20. The van der Waals surface area contributed by atoms with Crippen LogP contribution in [0.25, 0.3) is 0 Å². The van der Waals surface area contributed by atoms with E-state index in [1.165, 1.54) is 48.5 Å². The van der Waals surface area contributed by atoms with Crippen LogP contribution in [0.15, 0.2) is 48.5 Å². The fourth-order valence-electron chi connectivity index (χ4n) is 2.00. The summed E-state index contributed by atoms with van der Waals surface area (Å²) in [6, 6.07) is 10.4. The number of nitrogens with two attached hydrogens (primary N) is 1. The normalized spacial score (nSPS) is 13.3. The molecular formula is C14H13F2NO3S2. The Morgan fingerprint density at radius 1 is 0.909 bits per heavy atom. The van der Waals surface area contributed by atoms with Crippen LogP contribution in [0.1, 0.15) is 16.4 Å². The molecule has 2 rings (SSSR count). The molecule has 0 heterocycles. The second-order valence-electron chi connectivity index (χ2n) is 4.64. The first-order chi connectivity index (χ1) is 10.3. The smallest absolute Gasteiger partial charge is 0.221 e. The van der Waals surface area contributed by atoms with Crippen LogP contribution in [0.3, 0.4) is 0 Å². The number of hydrogen-bond acceptors (Lipinski definition) is 3. The Kier molecular flexibility index (Phi) is 5.05. The van der Waals surface area contributed by atoms with Crippen LogP contribution < -0.4 is 5.14 Å². The molecule has 4 nitrogen and oxygen atoms in total. The predicted molar refractivity (Wildman–Crippen MR) is 80.8 cm³/mol. The molecule has 0 radical (unpaired) electrons. The highest BCUT2D eigenvalue weighted by Crippen LogP contribution is 2.29. The zero-order valence-corrected chi connectivity index (χ0v) is 12.9. The molecule has 0 fully saturated rings. The zero-order chi connectivity index (χ0) is 16.3. The predicted octanol–water partition coefficient (Wildman–Crippen LogP) is 2.05. The average Bonchev–Trinajstić information content (AvgIpc) is 2.41. The highest BCUT2D eigenvalue weighted by atomic mass is 32.3. The molecule has 0 saturated carbocycles. The number of sulfonamides is 1. The highest BCUT2D eigenvalue weighted by Gasteiger charge is 2.24. The van der Waals surface area contributed by atoms with Gasteiger partial charge in [0.15, 0.2) is 0 Å². The molecule has 0 aliphatic rings. The molecule has 0 bridgehead atoms. The molecule has 2 aromatic carbocycles. The van der Waals surface area contributed by atoms with Crippen molar-refractivity contribution in [2.75, 3.05) is 5.08 Å². The van der Waals surface area contributed by atoms with Gasteiger partial charge in [0.2, 0.25) is 10.0 Å². The van der Waals surface area contributed by atoms with Crippen molar-refractivity contribution in [3.8, 4) is 0 Å². The minimum atomic E-state index is -3.95. The van der Waals surface area contributed by atoms with Crippen molar-refractivity contribution < 1.29 is 21.4 Å². The van der Waals surface area contributed by atoms with Gasteiger partial charge in [0.1, 0.15) is 16.7 Å². The number of hydrogen-bond donors (Lipinski definition) is 1. The molecule has 22 heavy (non-hydrogen) atoms. The summed E-state index contributed by atoms with van der Waals surface area (Å²) in [5.41, 5.74) is 0.907. The summed E-state index contributed by atoms with van der Waals surface area (Å²) in [7, 11) is -5.85. The van der Waals surface area contributed by atoms with Gasteiger partial charge in [0.25, 0.3) is 0 Å². The molecule has 118 valence electrons. The van der Waals surface area contributed by atoms with Crippen molar-refractivity contribution in [3.63, 3.8) is 0 Å². The first kappa shape index (κ1) is 16.7. The van der Waals surface area contributed by atoms with Crippen LogP contribution in [0.5, 0.6) is 0 Å². The molecule has 0 aliphatic heterocycles. The highest BCUT2D eigenvalue weighted by molar-refractivity contribution is 8.04. The van der Waals surface area contributed by atoms with Crippen molar-refractivity contribution in [3.05, 3.63) is 71.3 Å². The Labute approximate surface area is 129 Å². The topological polar surface area (TPSA) is 77.2 Å². The minimum Gasteiger partial charge on any atom is -0.257 e. The molecule has 0 aromatic heterocycles. The van der Waals surface area contributed by atoms with Gasteiger partial charge in [-0.1, -0.05) is 24.3 Å². The number of primary sulfonamides is 1. The van der Waals surface area contributed by atoms with Crippen LogP contribution in [-0.4, -0.2) is 17.7 Å². The van der Waals surface area contributed by atoms with Crippen molar-refractivity contribution in [1.29, 1.82) is 0 Å². The molecule has 8 heteroatoms. The van der Waals surface area contributed by atoms with E-state index in [0.29, 0.717) is 11.1 Å². The van der Waals surface area contributed by atoms with Crippen LogP contribution in [0.2, 0.25) is 0 Å². The second kappa shape index (κ2) is 6.64. The maximum absolute atomic E-state index is 13.0. The van der Waals surface area contributed by atoms with Crippen LogP contribution in [0, 0.1) is 11.6 Å². The SMILES string of the molecule is NS(=O)(=O)CS(=O)C(c1ccc(F)cc1)c1ccc(F)cc1. The van der Waals surface area contributed by atoms with Gasteiger partial charge in [-0.15, -0.1) is 0 Å². The van der Waals surface area contributed by atoms with Gasteiger partial charge in [-0.05, 0) is 35.4 Å². The standard InChI is InChI=1S/C14H13F2NO3S2/c15-12-5-1-10(2-6-12)14(21(18)9-22(17,19)20)11-3-7-13(16)8-4-11/h1-8,14H,9H2,(H2,17,19,20). The molecule has 1 unspecified atom stereocenters. The van der Waals surface area contributed by atoms with Crippen LogP contribution in [0.4, 0.5) is 8.78 Å². The lowest BCUT2D eigenvalue weighted by Crippen LogP contribution is -2.23. The summed E-state index contributed by atoms with van der Waals surface area (Å²) in [6.07, 6.45) is 0. The summed E-state index contributed by atoms with van der Waals surface area (Å²) in [6.45, 7) is 0. The first-order valence-corrected chi connectivity index (χ1v) is 9.24. The Morgan fingerprint density at radius 2 is 1.27 bits per heavy atom. The summed E-state index contributed by atoms with van der Waals surface area (Å²) < 4.78 is 60.8. The van der Waals surface area contributed by atoms with E-state index >= 15 is 0 Å². The summed E-state index contributed by atoms with van der Waals surface area (Å²) in [5, 5.41) is 3.35. The monoisotopic (exact) mass is 345 g/mol. The summed E-state index contributed by atoms with van der Waals surface area (Å²) in [4.78, 5) is 0. The largest absolute Gasteiger partial charge is 0.257 e. The molecule has 2 aromatic rings. The third kappa shape index (κ3) is 4.43. The third-order valence-electron chi connectivity index (χ3n) is 2.89. The Bertz CT molecular complexity index is 729. The van der Waals surface area contributed by atoms with E-state index in [-0.39, 0.29) is 0 Å². The van der Waals surface area contributed by atoms with Gasteiger partial charge in [0, 0.05) is 10.8 Å². The van der Waals surface area contributed by atoms with Gasteiger partial charge in [-0.3, -0.25) is 4.21 Å². The van der Waals surface area contributed by atoms with Gasteiger partial charge < -0.3 is 0 Å². The van der Waals surface area contributed by atoms with Crippen molar-refractivity contribution in [2.24, 2.45) is 5.14 Å². The first-order valence-electron chi connectivity index (χ1n) is 6.15. The number of rotatable bonds is 5. The summed E-state index contributed by atoms with van der Waals surface area (Å²) in [5.74, 6) is -0.947. The van der Waals surface area contributed by atoms with E-state index < -0.39 is 42.8 Å². The molecule has 0 aliphatic carbocycles. The van der Waals surface area contributed by atoms with Gasteiger partial charge in [-0.25, -0.2) is 22.3 Å². The van der Waals surface area contributed by atoms with E-state index in [1.807, 2.05) is 0 Å². The lowest BCUT2D eigenvalue weighted by molar-refractivity contribution is 0.601. The Morgan fingerprint density at radius 3 is 1.59 bits per heavy atom. The van der Waals surface area contributed by atoms with E-state index in [0.717, 1.165) is 0 Å². The van der Waals surface area contributed by atoms with E-state index in [4.69, 9.17) is 5.14 Å². The van der Waals surface area contributed by atoms with Crippen LogP contribution in [-0.2, 0) is 20.8 Å². The lowest BCUT2D eigenvalue weighted by Gasteiger charge is -2.17. The van der Waals surface area contributed by atoms with E-state index in [2.05, 4.69) is 0 Å². The minimum absolute atomic E-state index is 0.454. The van der Waals surface area contributed by atoms with Crippen molar-refractivity contribution in [2.45, 2.75) is 5.25 Å².